The number of rotatable bonds is 7. The smallest absolute Gasteiger partial charge is 0.407 e. The van der Waals surface area contributed by atoms with Gasteiger partial charge in [0.05, 0.1) is 5.71 Å². The summed E-state index contributed by atoms with van der Waals surface area (Å²) in [7, 11) is 2.08. The minimum Gasteiger partial charge on any atom is -0.444 e. The van der Waals surface area contributed by atoms with Gasteiger partial charge in [0.2, 0.25) is 0 Å². The summed E-state index contributed by atoms with van der Waals surface area (Å²) >= 11 is 1.74. The van der Waals surface area contributed by atoms with Crippen molar-refractivity contribution in [1.29, 1.82) is 5.41 Å². The van der Waals surface area contributed by atoms with Crippen molar-refractivity contribution in [1.82, 2.24) is 10.2 Å². The fraction of sp³-hybridized carbons (Fsp3) is 0.682. The molecule has 3 rings (SSSR count). The van der Waals surface area contributed by atoms with E-state index in [9.17, 15) is 4.79 Å². The molecular formula is C22H34N4O2S. The van der Waals surface area contributed by atoms with Crippen molar-refractivity contribution >= 4 is 34.4 Å². The Morgan fingerprint density at radius 2 is 2.10 bits per heavy atom. The molecule has 0 aromatic carbocycles. The van der Waals surface area contributed by atoms with Crippen molar-refractivity contribution in [3.63, 3.8) is 0 Å². The van der Waals surface area contributed by atoms with Gasteiger partial charge >= 0.3 is 6.09 Å². The molecule has 1 aromatic heterocycles. The predicted octanol–water partition coefficient (Wildman–Crippen LogP) is 5.09. The lowest BCUT2D eigenvalue weighted by Crippen LogP contribution is -2.40. The number of nitrogens with one attached hydrogen (secondary N) is 2. The number of carbonyl (C=O) groups is 1. The molecule has 1 heterocycles. The van der Waals surface area contributed by atoms with Gasteiger partial charge in [-0.25, -0.2) is 9.79 Å². The van der Waals surface area contributed by atoms with Crippen LogP contribution in [0.2, 0.25) is 0 Å². The van der Waals surface area contributed by atoms with Gasteiger partial charge in [-0.15, -0.1) is 11.3 Å². The zero-order chi connectivity index (χ0) is 21.2. The van der Waals surface area contributed by atoms with Gasteiger partial charge < -0.3 is 15.5 Å². The summed E-state index contributed by atoms with van der Waals surface area (Å²) in [5.41, 5.74) is 1.12. The topological polar surface area (TPSA) is 77.8 Å². The van der Waals surface area contributed by atoms with Crippen LogP contribution < -0.4 is 5.32 Å². The lowest BCUT2D eigenvalue weighted by atomic mass is 10.1. The molecule has 2 atom stereocenters. The largest absolute Gasteiger partial charge is 0.444 e. The number of hydrogen-bond acceptors (Lipinski definition) is 6. The minimum absolute atomic E-state index is 0.134. The van der Waals surface area contributed by atoms with Crippen molar-refractivity contribution in [2.75, 3.05) is 13.6 Å². The highest BCUT2D eigenvalue weighted by atomic mass is 32.1. The molecule has 1 amide bonds. The number of likely N-dealkylation sites (N-methyl/N-ethyl adjacent to an activating group) is 1. The molecule has 2 aliphatic carbocycles. The number of amides is 1. The maximum absolute atomic E-state index is 12.0. The molecule has 160 valence electrons. The summed E-state index contributed by atoms with van der Waals surface area (Å²) < 4.78 is 5.37. The molecule has 7 heteroatoms. The van der Waals surface area contributed by atoms with E-state index >= 15 is 0 Å². The van der Waals surface area contributed by atoms with Crippen LogP contribution in [0.15, 0.2) is 11.1 Å². The van der Waals surface area contributed by atoms with Crippen molar-refractivity contribution in [3.05, 3.63) is 16.5 Å². The summed E-state index contributed by atoms with van der Waals surface area (Å²) in [6.07, 6.45) is 6.84. The van der Waals surface area contributed by atoms with Crippen LogP contribution in [0.1, 0.15) is 76.2 Å². The van der Waals surface area contributed by atoms with E-state index in [2.05, 4.69) is 28.3 Å². The number of ether oxygens (including phenoxy) is 1. The fourth-order valence-corrected chi connectivity index (χ4v) is 5.08. The van der Waals surface area contributed by atoms with Crippen LogP contribution in [-0.2, 0) is 4.74 Å². The second-order valence-corrected chi connectivity index (χ2v) is 10.3. The standard InChI is InChI=1S/C22H34N4O2S/c1-6-24-20-17(12-19(29-20)14-7-8-14)18(23)13-26(5)16-10-9-15(11-16)25-21(27)28-22(2,3)4/h6,12,14-16,23H,7-11,13H2,1-5H3,(H,25,27)/t15-,16+/m0/s1. The van der Waals surface area contributed by atoms with Crippen LogP contribution in [0.4, 0.5) is 9.80 Å². The molecule has 2 fully saturated rings. The first-order valence-corrected chi connectivity index (χ1v) is 11.4. The van der Waals surface area contributed by atoms with Gasteiger partial charge in [0.15, 0.2) is 0 Å². The molecule has 2 aliphatic rings. The van der Waals surface area contributed by atoms with Crippen LogP contribution >= 0.6 is 11.3 Å². The second kappa shape index (κ2) is 8.96. The molecule has 0 saturated heterocycles. The van der Waals surface area contributed by atoms with E-state index in [4.69, 9.17) is 10.1 Å². The van der Waals surface area contributed by atoms with E-state index < -0.39 is 5.60 Å². The SMILES string of the molecule is CC=Nc1sc(C2CC2)cc1C(=N)CN(C)[C@@H]1CC[C@H](NC(=O)OC(C)(C)C)C1. The lowest BCUT2D eigenvalue weighted by molar-refractivity contribution is 0.0504. The van der Waals surface area contributed by atoms with Gasteiger partial charge in [0, 0.05) is 35.3 Å². The Kier molecular flexibility index (Phi) is 6.79. The van der Waals surface area contributed by atoms with Gasteiger partial charge in [0.25, 0.3) is 0 Å². The third-order valence-electron chi connectivity index (χ3n) is 5.44. The summed E-state index contributed by atoms with van der Waals surface area (Å²) in [4.78, 5) is 20.1. The first kappa shape index (κ1) is 22.0. The molecular weight excluding hydrogens is 384 g/mol. The number of aliphatic imine (C=N–C) groups is 1. The summed E-state index contributed by atoms with van der Waals surface area (Å²) in [6.45, 7) is 8.14. The third-order valence-corrected chi connectivity index (χ3v) is 6.64. The van der Waals surface area contributed by atoms with Crippen LogP contribution in [0.5, 0.6) is 0 Å². The van der Waals surface area contributed by atoms with Crippen molar-refractivity contribution in [2.24, 2.45) is 4.99 Å². The zero-order valence-electron chi connectivity index (χ0n) is 18.2. The Morgan fingerprint density at radius 1 is 1.38 bits per heavy atom. The quantitative estimate of drug-likeness (QED) is 0.605. The van der Waals surface area contributed by atoms with E-state index in [0.717, 1.165) is 29.8 Å². The molecule has 2 N–H and O–H groups in total. The van der Waals surface area contributed by atoms with Crippen molar-refractivity contribution in [3.8, 4) is 0 Å². The summed E-state index contributed by atoms with van der Waals surface area (Å²) in [5.74, 6) is 0.680. The molecule has 6 nitrogen and oxygen atoms in total. The normalized spacial score (nSPS) is 22.4. The van der Waals surface area contributed by atoms with E-state index in [0.29, 0.717) is 24.2 Å². The molecule has 0 radical (unpaired) electrons. The van der Waals surface area contributed by atoms with Gasteiger partial charge in [-0.2, -0.15) is 0 Å². The Labute approximate surface area is 178 Å². The molecule has 2 saturated carbocycles. The van der Waals surface area contributed by atoms with Gasteiger partial charge in [-0.05, 0) is 78.8 Å². The van der Waals surface area contributed by atoms with E-state index in [1.807, 2.05) is 33.9 Å². The summed E-state index contributed by atoms with van der Waals surface area (Å²) in [6, 6.07) is 2.67. The molecule has 29 heavy (non-hydrogen) atoms. The average molecular weight is 419 g/mol. The van der Waals surface area contributed by atoms with Crippen molar-refractivity contribution in [2.45, 2.75) is 83.4 Å². The number of carbonyl (C=O) groups excluding carboxylic acids is 1. The average Bonchev–Trinajstić information content (AvgIpc) is 3.20. The van der Waals surface area contributed by atoms with E-state index in [1.54, 1.807) is 11.3 Å². The Bertz CT molecular complexity index is 776. The Morgan fingerprint density at radius 3 is 2.72 bits per heavy atom. The first-order valence-electron chi connectivity index (χ1n) is 10.6. The maximum Gasteiger partial charge on any atom is 0.407 e. The van der Waals surface area contributed by atoms with Crippen LogP contribution in [0.25, 0.3) is 0 Å². The van der Waals surface area contributed by atoms with Gasteiger partial charge in [-0.1, -0.05) is 0 Å². The Balaban J connectivity index is 1.55. The highest BCUT2D eigenvalue weighted by molar-refractivity contribution is 7.16. The fourth-order valence-electron chi connectivity index (χ4n) is 3.83. The van der Waals surface area contributed by atoms with Crippen LogP contribution in [-0.4, -0.2) is 54.2 Å². The molecule has 1 aromatic rings. The van der Waals surface area contributed by atoms with Crippen LogP contribution in [0, 0.1) is 5.41 Å². The Hall–Kier alpha value is -1.73. The first-order chi connectivity index (χ1) is 13.7. The van der Waals surface area contributed by atoms with Gasteiger partial charge in [-0.3, -0.25) is 4.90 Å². The molecule has 0 spiro atoms. The lowest BCUT2D eigenvalue weighted by Gasteiger charge is -2.25. The minimum atomic E-state index is -0.480. The van der Waals surface area contributed by atoms with Crippen LogP contribution in [0.3, 0.4) is 0 Å². The predicted molar refractivity (Wildman–Crippen MR) is 120 cm³/mol. The van der Waals surface area contributed by atoms with Crippen molar-refractivity contribution < 1.29 is 9.53 Å². The van der Waals surface area contributed by atoms with E-state index in [-0.39, 0.29) is 12.1 Å². The highest BCUT2D eigenvalue weighted by Gasteiger charge is 2.31. The number of thiophene rings is 1. The molecule has 0 aliphatic heterocycles. The molecule has 0 bridgehead atoms. The number of alkyl carbamates (subject to hydrolysis) is 1. The van der Waals surface area contributed by atoms with E-state index in [1.165, 1.54) is 17.7 Å². The monoisotopic (exact) mass is 418 g/mol. The molecule has 0 unspecified atom stereocenters. The third kappa shape index (κ3) is 6.12. The van der Waals surface area contributed by atoms with Gasteiger partial charge in [0.1, 0.15) is 10.6 Å². The summed E-state index contributed by atoms with van der Waals surface area (Å²) in [5, 5.41) is 12.6. The zero-order valence-corrected chi connectivity index (χ0v) is 19.1. The maximum atomic E-state index is 12.0. The second-order valence-electron chi connectivity index (χ2n) is 9.23. The number of hydrogen-bond donors (Lipinski definition) is 2. The number of nitrogens with zero attached hydrogens (tertiary/aromatic N) is 2. The highest BCUT2D eigenvalue weighted by Crippen LogP contribution is 2.46.